The normalized spacial score (nSPS) is 15.7. The second-order valence-electron chi connectivity index (χ2n) is 7.04. The first-order valence-electron chi connectivity index (χ1n) is 8.16. The largest absolute Gasteiger partial charge is 0.361 e. The Morgan fingerprint density at radius 1 is 1.12 bits per heavy atom. The van der Waals surface area contributed by atoms with E-state index in [0.29, 0.717) is 43.5 Å². The predicted octanol–water partition coefficient (Wildman–Crippen LogP) is 2.03. The predicted molar refractivity (Wildman–Crippen MR) is 90.1 cm³/mol. The fourth-order valence-electron chi connectivity index (χ4n) is 2.86. The van der Waals surface area contributed by atoms with Crippen LogP contribution in [0.4, 0.5) is 5.95 Å². The molecule has 3 rings (SSSR count). The summed E-state index contributed by atoms with van der Waals surface area (Å²) in [5.41, 5.74) is 1.09. The summed E-state index contributed by atoms with van der Waals surface area (Å²) < 4.78 is 5.30. The van der Waals surface area contributed by atoms with E-state index in [1.54, 1.807) is 25.4 Å². The second kappa shape index (κ2) is 6.22. The van der Waals surface area contributed by atoms with E-state index < -0.39 is 0 Å². The Labute approximate surface area is 141 Å². The van der Waals surface area contributed by atoms with Gasteiger partial charge >= 0.3 is 0 Å². The van der Waals surface area contributed by atoms with Crippen molar-refractivity contribution in [1.82, 2.24) is 20.0 Å². The Morgan fingerprint density at radius 3 is 2.33 bits per heavy atom. The van der Waals surface area contributed by atoms with Crippen molar-refractivity contribution < 1.29 is 9.32 Å². The number of carbonyl (C=O) groups is 1. The Bertz CT molecular complexity index is 712. The van der Waals surface area contributed by atoms with Gasteiger partial charge in [0, 0.05) is 44.0 Å². The van der Waals surface area contributed by atoms with Crippen molar-refractivity contribution in [2.45, 2.75) is 33.1 Å². The SMILES string of the molecule is Cc1onc(C(C)(C)C)c1C(=O)N1CCN(c2ncccn2)CC1. The maximum Gasteiger partial charge on any atom is 0.259 e. The summed E-state index contributed by atoms with van der Waals surface area (Å²) in [5.74, 6) is 1.28. The summed E-state index contributed by atoms with van der Waals surface area (Å²) in [7, 11) is 0. The number of hydrogen-bond acceptors (Lipinski definition) is 6. The van der Waals surface area contributed by atoms with Crippen molar-refractivity contribution >= 4 is 11.9 Å². The van der Waals surface area contributed by atoms with Gasteiger partial charge in [-0.3, -0.25) is 4.79 Å². The Hall–Kier alpha value is -2.44. The van der Waals surface area contributed by atoms with Crippen LogP contribution in [0, 0.1) is 6.92 Å². The van der Waals surface area contributed by atoms with Gasteiger partial charge in [-0.1, -0.05) is 25.9 Å². The van der Waals surface area contributed by atoms with Gasteiger partial charge in [0.1, 0.15) is 17.0 Å². The van der Waals surface area contributed by atoms with Crippen molar-refractivity contribution in [3.63, 3.8) is 0 Å². The van der Waals surface area contributed by atoms with Crippen molar-refractivity contribution in [3.05, 3.63) is 35.5 Å². The van der Waals surface area contributed by atoms with E-state index in [9.17, 15) is 4.79 Å². The molecular formula is C17H23N5O2. The highest BCUT2D eigenvalue weighted by Crippen LogP contribution is 2.28. The monoisotopic (exact) mass is 329 g/mol. The number of hydrogen-bond donors (Lipinski definition) is 0. The molecule has 1 aliphatic rings. The van der Waals surface area contributed by atoms with Gasteiger partial charge in [0.25, 0.3) is 5.91 Å². The molecule has 0 N–H and O–H groups in total. The molecular weight excluding hydrogens is 306 g/mol. The summed E-state index contributed by atoms with van der Waals surface area (Å²) in [5, 5.41) is 4.11. The summed E-state index contributed by atoms with van der Waals surface area (Å²) in [6.07, 6.45) is 3.46. The molecule has 2 aromatic heterocycles. The molecule has 0 unspecified atom stereocenters. The zero-order valence-corrected chi connectivity index (χ0v) is 14.6. The van der Waals surface area contributed by atoms with Crippen molar-refractivity contribution in [1.29, 1.82) is 0 Å². The topological polar surface area (TPSA) is 75.4 Å². The molecule has 1 saturated heterocycles. The van der Waals surface area contributed by atoms with Crippen LogP contribution in [0.5, 0.6) is 0 Å². The number of carbonyl (C=O) groups excluding carboxylic acids is 1. The summed E-state index contributed by atoms with van der Waals surface area (Å²) in [6, 6.07) is 1.80. The third-order valence-corrected chi connectivity index (χ3v) is 4.19. The first-order chi connectivity index (χ1) is 11.4. The van der Waals surface area contributed by atoms with Gasteiger partial charge in [-0.25, -0.2) is 9.97 Å². The van der Waals surface area contributed by atoms with Crippen LogP contribution < -0.4 is 4.90 Å². The maximum absolute atomic E-state index is 13.0. The van der Waals surface area contributed by atoms with E-state index in [2.05, 4.69) is 20.0 Å². The van der Waals surface area contributed by atoms with E-state index in [-0.39, 0.29) is 11.3 Å². The molecule has 7 nitrogen and oxygen atoms in total. The Morgan fingerprint density at radius 2 is 1.75 bits per heavy atom. The van der Waals surface area contributed by atoms with Crippen molar-refractivity contribution in [2.24, 2.45) is 0 Å². The fourth-order valence-corrected chi connectivity index (χ4v) is 2.86. The van der Waals surface area contributed by atoms with Gasteiger partial charge in [-0.15, -0.1) is 0 Å². The van der Waals surface area contributed by atoms with E-state index in [4.69, 9.17) is 4.52 Å². The molecule has 2 aromatic rings. The molecule has 1 aliphatic heterocycles. The standard InChI is InChI=1S/C17H23N5O2/c1-12-13(14(20-24-12)17(2,3)4)15(23)21-8-10-22(11-9-21)16-18-6-5-7-19-16/h5-7H,8-11H2,1-4H3. The molecule has 24 heavy (non-hydrogen) atoms. The van der Waals surface area contributed by atoms with Crippen LogP contribution in [-0.2, 0) is 5.41 Å². The average Bonchev–Trinajstić information content (AvgIpc) is 2.97. The lowest BCUT2D eigenvalue weighted by molar-refractivity contribution is 0.0742. The van der Waals surface area contributed by atoms with Crippen LogP contribution in [0.3, 0.4) is 0 Å². The quantitative estimate of drug-likeness (QED) is 0.839. The molecule has 0 spiro atoms. The number of amides is 1. The van der Waals surface area contributed by atoms with Gasteiger partial charge < -0.3 is 14.3 Å². The third-order valence-electron chi connectivity index (χ3n) is 4.19. The lowest BCUT2D eigenvalue weighted by Crippen LogP contribution is -2.49. The first kappa shape index (κ1) is 16.4. The van der Waals surface area contributed by atoms with Crippen LogP contribution in [0.15, 0.2) is 23.0 Å². The summed E-state index contributed by atoms with van der Waals surface area (Å²) in [6.45, 7) is 10.6. The van der Waals surface area contributed by atoms with Crippen LogP contribution in [0.2, 0.25) is 0 Å². The number of aryl methyl sites for hydroxylation is 1. The highest BCUT2D eigenvalue weighted by molar-refractivity contribution is 5.96. The molecule has 1 fully saturated rings. The smallest absolute Gasteiger partial charge is 0.259 e. The fraction of sp³-hybridized carbons (Fsp3) is 0.529. The van der Waals surface area contributed by atoms with Gasteiger partial charge in [0.05, 0.1) is 0 Å². The zero-order valence-electron chi connectivity index (χ0n) is 14.6. The molecule has 0 atom stereocenters. The van der Waals surface area contributed by atoms with Gasteiger partial charge in [-0.05, 0) is 13.0 Å². The number of aromatic nitrogens is 3. The molecule has 0 bridgehead atoms. The summed E-state index contributed by atoms with van der Waals surface area (Å²) >= 11 is 0. The highest BCUT2D eigenvalue weighted by atomic mass is 16.5. The molecule has 0 aliphatic carbocycles. The zero-order chi connectivity index (χ0) is 17.3. The van der Waals surface area contributed by atoms with Crippen LogP contribution >= 0.6 is 0 Å². The van der Waals surface area contributed by atoms with Crippen LogP contribution in [0.1, 0.15) is 42.6 Å². The van der Waals surface area contributed by atoms with Gasteiger partial charge in [0.15, 0.2) is 0 Å². The molecule has 1 amide bonds. The number of nitrogens with zero attached hydrogens (tertiary/aromatic N) is 5. The highest BCUT2D eigenvalue weighted by Gasteiger charge is 2.32. The van der Waals surface area contributed by atoms with Gasteiger partial charge in [-0.2, -0.15) is 0 Å². The lowest BCUT2D eigenvalue weighted by atomic mass is 9.88. The van der Waals surface area contributed by atoms with Crippen molar-refractivity contribution in [2.75, 3.05) is 31.1 Å². The lowest BCUT2D eigenvalue weighted by Gasteiger charge is -2.35. The number of rotatable bonds is 2. The summed E-state index contributed by atoms with van der Waals surface area (Å²) in [4.78, 5) is 25.5. The molecule has 128 valence electrons. The molecule has 0 aromatic carbocycles. The number of anilines is 1. The Balaban J connectivity index is 1.74. The molecule has 0 radical (unpaired) electrons. The average molecular weight is 329 g/mol. The molecule has 0 saturated carbocycles. The third kappa shape index (κ3) is 3.11. The molecule has 7 heteroatoms. The first-order valence-corrected chi connectivity index (χ1v) is 8.16. The molecule has 3 heterocycles. The Kier molecular flexibility index (Phi) is 4.26. The van der Waals surface area contributed by atoms with E-state index >= 15 is 0 Å². The van der Waals surface area contributed by atoms with E-state index in [1.807, 2.05) is 25.7 Å². The minimum Gasteiger partial charge on any atom is -0.361 e. The van der Waals surface area contributed by atoms with Gasteiger partial charge in [0.2, 0.25) is 5.95 Å². The number of piperazine rings is 1. The second-order valence-corrected chi connectivity index (χ2v) is 7.04. The van der Waals surface area contributed by atoms with Crippen LogP contribution in [0.25, 0.3) is 0 Å². The minimum absolute atomic E-state index is 0.00712. The van der Waals surface area contributed by atoms with Crippen LogP contribution in [-0.4, -0.2) is 52.1 Å². The van der Waals surface area contributed by atoms with E-state index in [0.717, 1.165) is 5.69 Å². The van der Waals surface area contributed by atoms with Crippen molar-refractivity contribution in [3.8, 4) is 0 Å². The maximum atomic E-state index is 13.0. The minimum atomic E-state index is -0.234. The van der Waals surface area contributed by atoms with E-state index in [1.165, 1.54) is 0 Å².